The fourth-order valence-corrected chi connectivity index (χ4v) is 9.00. The van der Waals surface area contributed by atoms with Crippen molar-refractivity contribution < 1.29 is 32.5 Å². The van der Waals surface area contributed by atoms with Crippen molar-refractivity contribution in [3.05, 3.63) is 73.4 Å². The molecular weight excluding hydrogens is 669 g/mol. The lowest BCUT2D eigenvalue weighted by Gasteiger charge is -2.43. The van der Waals surface area contributed by atoms with Gasteiger partial charge in [-0.3, -0.25) is 24.0 Å². The normalized spacial score (nSPS) is 22.6. The molecule has 48 heavy (non-hydrogen) atoms. The summed E-state index contributed by atoms with van der Waals surface area (Å²) in [5.41, 5.74) is 3.96. The molecule has 1 saturated heterocycles. The Labute approximate surface area is 283 Å². The van der Waals surface area contributed by atoms with E-state index in [4.69, 9.17) is 21.3 Å². The average molecular weight is 703 g/mol. The van der Waals surface area contributed by atoms with Gasteiger partial charge in [0.2, 0.25) is 0 Å². The monoisotopic (exact) mass is 702 g/mol. The summed E-state index contributed by atoms with van der Waals surface area (Å²) in [5.74, 6) is -0.264. The van der Waals surface area contributed by atoms with Crippen LogP contribution in [-0.2, 0) is 24.1 Å². The molecule has 3 aliphatic rings. The molecule has 1 aliphatic heterocycles. The van der Waals surface area contributed by atoms with Gasteiger partial charge in [0, 0.05) is 51.9 Å². The fourth-order valence-electron chi connectivity index (χ4n) is 7.81. The van der Waals surface area contributed by atoms with Crippen LogP contribution in [0.2, 0.25) is 5.02 Å². The number of ether oxygens (including phenoxy) is 2. The third-order valence-corrected chi connectivity index (χ3v) is 11.2. The highest BCUT2D eigenvalue weighted by Crippen LogP contribution is 2.43. The van der Waals surface area contributed by atoms with Gasteiger partial charge in [-0.1, -0.05) is 11.6 Å². The molecule has 7 rings (SSSR count). The number of hydrogen-bond acceptors (Lipinski definition) is 8. The first-order valence-electron chi connectivity index (χ1n) is 16.0. The number of hydrogen-bond donors (Lipinski definition) is 1. The number of aromatic carboxylic acids is 1. The summed E-state index contributed by atoms with van der Waals surface area (Å²) in [6.45, 7) is 5.08. The maximum atomic E-state index is 13.9. The van der Waals surface area contributed by atoms with Gasteiger partial charge < -0.3 is 9.84 Å². The number of likely N-dealkylation sites (tertiary alicyclic amines) is 1. The second-order valence-corrected chi connectivity index (χ2v) is 14.3. The number of aromatic nitrogens is 3. The predicted octanol–water partition coefficient (Wildman–Crippen LogP) is 6.67. The summed E-state index contributed by atoms with van der Waals surface area (Å²) in [7, 11) is 0. The zero-order valence-corrected chi connectivity index (χ0v) is 27.9. The smallest absolute Gasteiger partial charge is 0.491 e. The number of benzene rings is 1. The Bertz CT molecular complexity index is 1950. The van der Waals surface area contributed by atoms with Gasteiger partial charge in [-0.15, -0.1) is 24.5 Å². The van der Waals surface area contributed by atoms with Crippen LogP contribution in [0.25, 0.3) is 21.3 Å². The highest BCUT2D eigenvalue weighted by atomic mass is 35.5. The first kappa shape index (κ1) is 33.0. The Balaban J connectivity index is 1.08. The molecule has 3 atom stereocenters. The predicted molar refractivity (Wildman–Crippen MR) is 175 cm³/mol. The van der Waals surface area contributed by atoms with Crippen LogP contribution in [0.3, 0.4) is 0 Å². The second kappa shape index (κ2) is 12.7. The van der Waals surface area contributed by atoms with Crippen LogP contribution in [0.1, 0.15) is 52.4 Å². The van der Waals surface area contributed by atoms with E-state index in [1.807, 2.05) is 6.07 Å². The summed E-state index contributed by atoms with van der Waals surface area (Å²) < 4.78 is 52.2. The molecular formula is C34H34ClF3N4O5S. The second-order valence-electron chi connectivity index (χ2n) is 12.9. The summed E-state index contributed by atoms with van der Waals surface area (Å²) in [6.07, 6.45) is -2.04. The number of rotatable bonds is 8. The Morgan fingerprint density at radius 2 is 1.85 bits per heavy atom. The van der Waals surface area contributed by atoms with Crippen LogP contribution in [0, 0.1) is 25.7 Å². The van der Waals surface area contributed by atoms with Crippen LogP contribution < -0.4 is 10.3 Å². The zero-order valence-electron chi connectivity index (χ0n) is 26.3. The number of aryl methyl sites for hydroxylation is 3. The number of thiophene rings is 1. The van der Waals surface area contributed by atoms with E-state index in [-0.39, 0.29) is 42.2 Å². The van der Waals surface area contributed by atoms with Gasteiger partial charge in [0.1, 0.15) is 18.2 Å². The van der Waals surface area contributed by atoms with Crippen LogP contribution >= 0.6 is 22.9 Å². The van der Waals surface area contributed by atoms with Crippen LogP contribution in [0.4, 0.5) is 13.2 Å². The number of alkyl halides is 3. The minimum absolute atomic E-state index is 0.0607. The van der Waals surface area contributed by atoms with E-state index in [9.17, 15) is 27.9 Å². The molecule has 1 saturated carbocycles. The molecule has 1 N–H and O–H groups in total. The summed E-state index contributed by atoms with van der Waals surface area (Å²) in [4.78, 5) is 37.2. The molecule has 0 radical (unpaired) electrons. The third-order valence-electron chi connectivity index (χ3n) is 9.94. The molecule has 2 fully saturated rings. The maximum absolute atomic E-state index is 13.9. The van der Waals surface area contributed by atoms with Crippen molar-refractivity contribution >= 4 is 39.1 Å². The van der Waals surface area contributed by atoms with E-state index in [0.717, 1.165) is 30.5 Å². The van der Waals surface area contributed by atoms with E-state index >= 15 is 0 Å². The minimum atomic E-state index is -4.63. The van der Waals surface area contributed by atoms with E-state index in [1.54, 1.807) is 42.0 Å². The van der Waals surface area contributed by atoms with Gasteiger partial charge in [-0.05, 0) is 82.1 Å². The minimum Gasteiger partial charge on any atom is -0.491 e. The standard InChI is InChI=1S/C34H34ClF3N4O5S/c1-17-11-24(31-29(39-17)26(16-48-31)33(44)45)23-12-21(35)5-8-28(23)46-10-9-42-18(2)40-27-7-6-22(13-25(27)32(42)43)41-14-19-3-4-20(15-41)30(19)47-34(36,37)38/h5,8,11-12,16,19-20,22,30H,3-4,6-7,9-10,13-15H2,1-2H3,(H,44,45)/t19?,20?,22-,30?/m1/s1. The molecule has 254 valence electrons. The highest BCUT2D eigenvalue weighted by molar-refractivity contribution is 7.18. The molecule has 9 nitrogen and oxygen atoms in total. The first-order chi connectivity index (χ1) is 22.9. The number of pyridine rings is 1. The van der Waals surface area contributed by atoms with Gasteiger partial charge in [-0.2, -0.15) is 0 Å². The number of carboxylic acid groups (broad SMARTS) is 1. The van der Waals surface area contributed by atoms with Crippen LogP contribution in [0.5, 0.6) is 5.75 Å². The van der Waals surface area contributed by atoms with Crippen molar-refractivity contribution in [3.63, 3.8) is 0 Å². The number of fused-ring (bicyclic) bond motifs is 4. The summed E-state index contributed by atoms with van der Waals surface area (Å²) in [5, 5.41) is 11.7. The zero-order chi connectivity index (χ0) is 33.9. The lowest BCUT2D eigenvalue weighted by molar-refractivity contribution is -0.354. The van der Waals surface area contributed by atoms with Crippen molar-refractivity contribution in [2.45, 2.75) is 71.0 Å². The topological polar surface area (TPSA) is 107 Å². The molecule has 0 amide bonds. The van der Waals surface area contributed by atoms with Crippen LogP contribution in [-0.4, -0.2) is 68.7 Å². The van der Waals surface area contributed by atoms with Crippen molar-refractivity contribution in [2.24, 2.45) is 11.8 Å². The molecule has 4 aromatic rings. The van der Waals surface area contributed by atoms with Gasteiger partial charge in [0.05, 0.1) is 34.1 Å². The van der Waals surface area contributed by atoms with Gasteiger partial charge in [0.25, 0.3) is 5.56 Å². The molecule has 2 aliphatic carbocycles. The number of halogens is 4. The van der Waals surface area contributed by atoms with Crippen molar-refractivity contribution in [1.29, 1.82) is 0 Å². The maximum Gasteiger partial charge on any atom is 0.522 e. The molecule has 4 heterocycles. The Morgan fingerprint density at radius 1 is 1.10 bits per heavy atom. The van der Waals surface area contributed by atoms with Crippen molar-refractivity contribution in [2.75, 3.05) is 19.7 Å². The number of nitrogens with zero attached hydrogens (tertiary/aromatic N) is 4. The SMILES string of the molecule is Cc1cc(-c2cc(Cl)ccc2OCCn2c(C)nc3c(c2=O)C[C@H](N2CC4CCC(C2)C4OC(F)(F)F)CC3)c2scc(C(=O)O)c2n1. The summed E-state index contributed by atoms with van der Waals surface area (Å²) in [6, 6.07) is 7.18. The van der Waals surface area contributed by atoms with E-state index < -0.39 is 18.4 Å². The van der Waals surface area contributed by atoms with Crippen molar-refractivity contribution in [1.82, 2.24) is 19.4 Å². The molecule has 0 spiro atoms. The molecule has 14 heteroatoms. The molecule has 2 bridgehead atoms. The Morgan fingerprint density at radius 3 is 2.56 bits per heavy atom. The number of carbonyl (C=O) groups is 1. The number of carboxylic acids is 1. The van der Waals surface area contributed by atoms with E-state index in [1.165, 1.54) is 11.3 Å². The van der Waals surface area contributed by atoms with E-state index in [2.05, 4.69) is 14.6 Å². The van der Waals surface area contributed by atoms with Gasteiger partial charge >= 0.3 is 12.3 Å². The highest BCUT2D eigenvalue weighted by Gasteiger charge is 2.49. The largest absolute Gasteiger partial charge is 0.522 e. The lowest BCUT2D eigenvalue weighted by atomic mass is 9.87. The van der Waals surface area contributed by atoms with Gasteiger partial charge in [-0.25, -0.2) is 9.78 Å². The lowest BCUT2D eigenvalue weighted by Crippen LogP contribution is -2.53. The first-order valence-corrected chi connectivity index (χ1v) is 17.2. The van der Waals surface area contributed by atoms with Crippen LogP contribution in [0.15, 0.2) is 34.4 Å². The molecule has 3 aromatic heterocycles. The Kier molecular flexibility index (Phi) is 8.76. The average Bonchev–Trinajstić information content (AvgIpc) is 3.53. The number of piperidine rings is 1. The van der Waals surface area contributed by atoms with E-state index in [0.29, 0.717) is 69.6 Å². The molecule has 1 aromatic carbocycles. The van der Waals surface area contributed by atoms with Gasteiger partial charge in [0.15, 0.2) is 0 Å². The molecule has 2 unspecified atom stereocenters. The van der Waals surface area contributed by atoms with Crippen molar-refractivity contribution in [3.8, 4) is 16.9 Å². The summed E-state index contributed by atoms with van der Waals surface area (Å²) >= 11 is 7.69. The third kappa shape index (κ3) is 6.33. The fraction of sp³-hybridized carbons (Fsp3) is 0.471. The Hall–Kier alpha value is -3.52. The quantitative estimate of drug-likeness (QED) is 0.217.